The largest absolute Gasteiger partial charge is 0.357 e. The van der Waals surface area contributed by atoms with Gasteiger partial charge in [0.05, 0.1) is 0 Å². The highest BCUT2D eigenvalue weighted by Crippen LogP contribution is 2.16. The van der Waals surface area contributed by atoms with E-state index in [9.17, 15) is 9.59 Å². The van der Waals surface area contributed by atoms with Crippen molar-refractivity contribution in [2.24, 2.45) is 5.73 Å². The molecule has 0 aromatic rings. The molecule has 1 aliphatic heterocycles. The van der Waals surface area contributed by atoms with Crippen LogP contribution in [0, 0.1) is 0 Å². The number of hydrogen-bond donors (Lipinski definition) is 2. The van der Waals surface area contributed by atoms with E-state index < -0.39 is 0 Å². The third-order valence-corrected chi connectivity index (χ3v) is 2.29. The van der Waals surface area contributed by atoms with Gasteiger partial charge in [0.1, 0.15) is 6.04 Å². The molecule has 0 unspecified atom stereocenters. The Bertz CT molecular complexity index is 229. The SMILES string of the molecule is CNC(=O)[C@@H]1C[C@@H](N)CN1C(C)=O. The van der Waals surface area contributed by atoms with Crippen LogP contribution in [0.25, 0.3) is 0 Å². The topological polar surface area (TPSA) is 75.4 Å². The lowest BCUT2D eigenvalue weighted by Gasteiger charge is -2.21. The molecular weight excluding hydrogens is 170 g/mol. The van der Waals surface area contributed by atoms with E-state index in [4.69, 9.17) is 5.73 Å². The minimum Gasteiger partial charge on any atom is -0.357 e. The molecule has 1 aliphatic rings. The van der Waals surface area contributed by atoms with Gasteiger partial charge >= 0.3 is 0 Å². The van der Waals surface area contributed by atoms with Crippen LogP contribution in [0.2, 0.25) is 0 Å². The normalized spacial score (nSPS) is 27.5. The second-order valence-corrected chi connectivity index (χ2v) is 3.30. The highest BCUT2D eigenvalue weighted by atomic mass is 16.2. The summed E-state index contributed by atoms with van der Waals surface area (Å²) >= 11 is 0. The summed E-state index contributed by atoms with van der Waals surface area (Å²) in [7, 11) is 1.56. The Balaban J connectivity index is 2.71. The third kappa shape index (κ3) is 1.98. The molecule has 1 fully saturated rings. The molecule has 0 aromatic heterocycles. The van der Waals surface area contributed by atoms with Crippen molar-refractivity contribution < 1.29 is 9.59 Å². The van der Waals surface area contributed by atoms with E-state index in [0.29, 0.717) is 13.0 Å². The fraction of sp³-hybridized carbons (Fsp3) is 0.750. The highest BCUT2D eigenvalue weighted by molar-refractivity contribution is 5.87. The van der Waals surface area contributed by atoms with Gasteiger partial charge in [-0.1, -0.05) is 0 Å². The maximum atomic E-state index is 11.3. The third-order valence-electron chi connectivity index (χ3n) is 2.29. The minimum atomic E-state index is -0.377. The molecule has 13 heavy (non-hydrogen) atoms. The number of carbonyl (C=O) groups is 2. The average Bonchev–Trinajstić information content (AvgIpc) is 2.46. The molecule has 0 bridgehead atoms. The number of likely N-dealkylation sites (tertiary alicyclic amines) is 1. The van der Waals surface area contributed by atoms with Gasteiger partial charge in [-0.15, -0.1) is 0 Å². The first-order valence-corrected chi connectivity index (χ1v) is 4.30. The first-order chi connectivity index (χ1) is 6.06. The fourth-order valence-electron chi connectivity index (χ4n) is 1.63. The quantitative estimate of drug-likeness (QED) is 0.532. The van der Waals surface area contributed by atoms with Crippen molar-refractivity contribution in [3.05, 3.63) is 0 Å². The second kappa shape index (κ2) is 3.74. The van der Waals surface area contributed by atoms with Crippen molar-refractivity contribution in [2.75, 3.05) is 13.6 Å². The summed E-state index contributed by atoms with van der Waals surface area (Å²) < 4.78 is 0. The predicted octanol–water partition coefficient (Wildman–Crippen LogP) is -1.32. The van der Waals surface area contributed by atoms with E-state index in [1.165, 1.54) is 11.8 Å². The number of rotatable bonds is 1. The van der Waals surface area contributed by atoms with Crippen LogP contribution in [0.1, 0.15) is 13.3 Å². The molecule has 1 saturated heterocycles. The van der Waals surface area contributed by atoms with Gasteiger partial charge in [-0.2, -0.15) is 0 Å². The lowest BCUT2D eigenvalue weighted by molar-refractivity contribution is -0.136. The summed E-state index contributed by atoms with van der Waals surface area (Å²) in [4.78, 5) is 23.9. The molecule has 2 amide bonds. The second-order valence-electron chi connectivity index (χ2n) is 3.30. The molecule has 0 aromatic carbocycles. The molecule has 3 N–H and O–H groups in total. The molecule has 0 aliphatic carbocycles. The van der Waals surface area contributed by atoms with Crippen LogP contribution in [-0.4, -0.2) is 42.4 Å². The van der Waals surface area contributed by atoms with Crippen LogP contribution in [0.15, 0.2) is 0 Å². The van der Waals surface area contributed by atoms with E-state index in [1.54, 1.807) is 7.05 Å². The number of nitrogens with two attached hydrogens (primary N) is 1. The van der Waals surface area contributed by atoms with Crippen LogP contribution >= 0.6 is 0 Å². The summed E-state index contributed by atoms with van der Waals surface area (Å²) in [6.07, 6.45) is 0.555. The van der Waals surface area contributed by atoms with Crippen LogP contribution in [0.3, 0.4) is 0 Å². The molecule has 0 radical (unpaired) electrons. The number of carbonyl (C=O) groups excluding carboxylic acids is 2. The standard InChI is InChI=1S/C8H15N3O2/c1-5(12)11-4-6(9)3-7(11)8(13)10-2/h6-7H,3-4,9H2,1-2H3,(H,10,13)/t6-,7+/m1/s1. The number of nitrogens with zero attached hydrogens (tertiary/aromatic N) is 1. The van der Waals surface area contributed by atoms with E-state index in [0.717, 1.165) is 0 Å². The van der Waals surface area contributed by atoms with Crippen molar-refractivity contribution >= 4 is 11.8 Å². The van der Waals surface area contributed by atoms with Crippen molar-refractivity contribution in [3.8, 4) is 0 Å². The Morgan fingerprint density at radius 2 is 2.15 bits per heavy atom. The summed E-state index contributed by atoms with van der Waals surface area (Å²) in [6, 6.07) is -0.455. The maximum Gasteiger partial charge on any atom is 0.242 e. The van der Waals surface area contributed by atoms with Crippen molar-refractivity contribution in [1.82, 2.24) is 10.2 Å². The van der Waals surface area contributed by atoms with Gasteiger partial charge in [-0.3, -0.25) is 9.59 Å². The van der Waals surface area contributed by atoms with E-state index in [1.807, 2.05) is 0 Å². The highest BCUT2D eigenvalue weighted by Gasteiger charge is 2.35. The van der Waals surface area contributed by atoms with Crippen molar-refractivity contribution in [1.29, 1.82) is 0 Å². The first kappa shape index (κ1) is 9.98. The molecule has 5 nitrogen and oxygen atoms in total. The average molecular weight is 185 g/mol. The monoisotopic (exact) mass is 185 g/mol. The molecule has 74 valence electrons. The lowest BCUT2D eigenvalue weighted by atomic mass is 10.1. The zero-order chi connectivity index (χ0) is 10.0. The zero-order valence-corrected chi connectivity index (χ0v) is 7.91. The van der Waals surface area contributed by atoms with Gasteiger partial charge in [0.15, 0.2) is 0 Å². The van der Waals surface area contributed by atoms with Gasteiger partial charge in [0.2, 0.25) is 11.8 Å². The maximum absolute atomic E-state index is 11.3. The van der Waals surface area contributed by atoms with Gasteiger partial charge in [-0.05, 0) is 6.42 Å². The lowest BCUT2D eigenvalue weighted by Crippen LogP contribution is -2.44. The number of hydrogen-bond acceptors (Lipinski definition) is 3. The molecule has 0 saturated carbocycles. The van der Waals surface area contributed by atoms with Gasteiger partial charge in [0, 0.05) is 26.6 Å². The smallest absolute Gasteiger partial charge is 0.242 e. The van der Waals surface area contributed by atoms with Gasteiger partial charge in [-0.25, -0.2) is 0 Å². The molecule has 1 rings (SSSR count). The van der Waals surface area contributed by atoms with Crippen LogP contribution in [0.4, 0.5) is 0 Å². The Morgan fingerprint density at radius 3 is 2.62 bits per heavy atom. The Hall–Kier alpha value is -1.10. The molecular formula is C8H15N3O2. The van der Waals surface area contributed by atoms with E-state index >= 15 is 0 Å². The van der Waals surface area contributed by atoms with Crippen LogP contribution < -0.4 is 11.1 Å². The summed E-state index contributed by atoms with van der Waals surface area (Å²) in [5.41, 5.74) is 5.67. The van der Waals surface area contributed by atoms with E-state index in [2.05, 4.69) is 5.32 Å². The first-order valence-electron chi connectivity index (χ1n) is 4.30. The molecule has 1 heterocycles. The zero-order valence-electron chi connectivity index (χ0n) is 7.91. The summed E-state index contributed by atoms with van der Waals surface area (Å²) in [6.45, 7) is 1.93. The number of amides is 2. The summed E-state index contributed by atoms with van der Waals surface area (Å²) in [5.74, 6) is -0.232. The van der Waals surface area contributed by atoms with Gasteiger partial charge in [0.25, 0.3) is 0 Å². The predicted molar refractivity (Wildman–Crippen MR) is 47.8 cm³/mol. The summed E-state index contributed by atoms with van der Waals surface area (Å²) in [5, 5.41) is 2.52. The van der Waals surface area contributed by atoms with Gasteiger partial charge < -0.3 is 16.0 Å². The Morgan fingerprint density at radius 1 is 1.54 bits per heavy atom. The van der Waals surface area contributed by atoms with Crippen molar-refractivity contribution in [3.63, 3.8) is 0 Å². The number of nitrogens with one attached hydrogen (secondary N) is 1. The molecule has 2 atom stereocenters. The molecule has 5 heteroatoms. The number of likely N-dealkylation sites (N-methyl/N-ethyl adjacent to an activating group) is 1. The fourth-order valence-corrected chi connectivity index (χ4v) is 1.63. The Kier molecular flexibility index (Phi) is 2.87. The van der Waals surface area contributed by atoms with Crippen molar-refractivity contribution in [2.45, 2.75) is 25.4 Å². The molecule has 0 spiro atoms. The Labute approximate surface area is 77.3 Å². The minimum absolute atomic E-state index is 0.0776. The van der Waals surface area contributed by atoms with Crippen LogP contribution in [-0.2, 0) is 9.59 Å². The van der Waals surface area contributed by atoms with Crippen LogP contribution in [0.5, 0.6) is 0 Å². The van der Waals surface area contributed by atoms with E-state index in [-0.39, 0.29) is 23.9 Å².